The number of hydrazone groups is 1. The number of hydrogen-bond acceptors (Lipinski definition) is 4. The van der Waals surface area contributed by atoms with Gasteiger partial charge in [0.25, 0.3) is 0 Å². The zero-order chi connectivity index (χ0) is 15.0. The molecule has 0 fully saturated rings. The van der Waals surface area contributed by atoms with Crippen LogP contribution >= 0.6 is 0 Å². The van der Waals surface area contributed by atoms with Crippen LogP contribution in [0.15, 0.2) is 52.2 Å². The van der Waals surface area contributed by atoms with Crippen molar-refractivity contribution in [3.63, 3.8) is 0 Å². The molecule has 21 heavy (non-hydrogen) atoms. The molecule has 1 aromatic carbocycles. The first-order valence-corrected chi connectivity index (χ1v) is 8.48. The Morgan fingerprint density at radius 1 is 1.24 bits per heavy atom. The van der Waals surface area contributed by atoms with E-state index < -0.39 is 10.0 Å². The molecule has 3 rings (SSSR count). The van der Waals surface area contributed by atoms with Gasteiger partial charge in [0.2, 0.25) is 10.0 Å². The van der Waals surface area contributed by atoms with Crippen LogP contribution in [0, 0.1) is 6.92 Å². The van der Waals surface area contributed by atoms with Gasteiger partial charge in [-0.1, -0.05) is 24.3 Å². The molecule has 2 aromatic rings. The molecule has 0 saturated heterocycles. The van der Waals surface area contributed by atoms with Crippen molar-refractivity contribution in [1.82, 2.24) is 4.41 Å². The number of sulfonamides is 1. The predicted octanol–water partition coefficient (Wildman–Crippen LogP) is 2.70. The van der Waals surface area contributed by atoms with Crippen molar-refractivity contribution in [2.45, 2.75) is 19.4 Å². The maximum Gasteiger partial charge on any atom is 0.247 e. The number of rotatable bonds is 3. The Morgan fingerprint density at radius 2 is 2.00 bits per heavy atom. The Labute approximate surface area is 123 Å². The summed E-state index contributed by atoms with van der Waals surface area (Å²) in [6.45, 7) is 1.97. The van der Waals surface area contributed by atoms with Crippen LogP contribution in [0.25, 0.3) is 0 Å². The number of furan rings is 1. The molecule has 0 amide bonds. The quantitative estimate of drug-likeness (QED) is 0.876. The van der Waals surface area contributed by atoms with Gasteiger partial charge in [0.1, 0.15) is 11.5 Å². The number of hydrogen-bond donors (Lipinski definition) is 0. The smallest absolute Gasteiger partial charge is 0.247 e. The molecular formula is C15H16N2O3S. The van der Waals surface area contributed by atoms with Crippen molar-refractivity contribution < 1.29 is 12.8 Å². The van der Waals surface area contributed by atoms with E-state index in [1.165, 1.54) is 10.7 Å². The summed E-state index contributed by atoms with van der Waals surface area (Å²) in [7, 11) is -3.44. The van der Waals surface area contributed by atoms with Crippen LogP contribution in [0.4, 0.5) is 0 Å². The fourth-order valence-corrected chi connectivity index (χ4v) is 3.48. The lowest BCUT2D eigenvalue weighted by Gasteiger charge is -2.22. The number of aryl methyl sites for hydroxylation is 1. The van der Waals surface area contributed by atoms with Crippen LogP contribution in [-0.4, -0.2) is 24.8 Å². The van der Waals surface area contributed by atoms with E-state index in [4.69, 9.17) is 4.42 Å². The van der Waals surface area contributed by atoms with Gasteiger partial charge in [-0.25, -0.2) is 8.42 Å². The third kappa shape index (κ3) is 2.58. The Hall–Kier alpha value is -2.08. The van der Waals surface area contributed by atoms with Crippen molar-refractivity contribution in [2.24, 2.45) is 5.10 Å². The number of benzene rings is 1. The van der Waals surface area contributed by atoms with E-state index in [0.717, 1.165) is 11.1 Å². The average molecular weight is 304 g/mol. The lowest BCUT2D eigenvalue weighted by molar-refractivity contribution is 0.374. The second-order valence-corrected chi connectivity index (χ2v) is 6.98. The summed E-state index contributed by atoms with van der Waals surface area (Å²) in [6, 6.07) is 11.0. The third-order valence-corrected chi connectivity index (χ3v) is 4.58. The minimum Gasteiger partial charge on any atom is -0.463 e. The van der Waals surface area contributed by atoms with Crippen LogP contribution in [0.5, 0.6) is 0 Å². The van der Waals surface area contributed by atoms with Gasteiger partial charge < -0.3 is 4.42 Å². The van der Waals surface area contributed by atoms with Crippen LogP contribution in [0.2, 0.25) is 0 Å². The lowest BCUT2D eigenvalue weighted by Crippen LogP contribution is -2.26. The van der Waals surface area contributed by atoms with Gasteiger partial charge in [-0.3, -0.25) is 0 Å². The first-order valence-electron chi connectivity index (χ1n) is 6.63. The van der Waals surface area contributed by atoms with Crippen molar-refractivity contribution >= 4 is 15.7 Å². The van der Waals surface area contributed by atoms with Crippen LogP contribution in [-0.2, 0) is 10.0 Å². The summed E-state index contributed by atoms with van der Waals surface area (Å²) in [4.78, 5) is 0. The van der Waals surface area contributed by atoms with E-state index in [-0.39, 0.29) is 6.04 Å². The molecule has 0 saturated carbocycles. The molecule has 0 aliphatic carbocycles. The summed E-state index contributed by atoms with van der Waals surface area (Å²) in [6.07, 6.45) is 3.24. The van der Waals surface area contributed by atoms with E-state index in [9.17, 15) is 8.42 Å². The second-order valence-electron chi connectivity index (χ2n) is 5.14. The van der Waals surface area contributed by atoms with Crippen molar-refractivity contribution in [3.8, 4) is 0 Å². The van der Waals surface area contributed by atoms with Gasteiger partial charge in [0.15, 0.2) is 0 Å². The molecule has 110 valence electrons. The standard InChI is InChI=1S/C15H16N2O3S/c1-11-6-3-4-7-12(11)14-10-13(15-8-5-9-20-15)16-17(14)21(2,18)19/h3-9,14H,10H2,1-2H3. The predicted molar refractivity (Wildman–Crippen MR) is 80.5 cm³/mol. The van der Waals surface area contributed by atoms with Gasteiger partial charge >= 0.3 is 0 Å². The molecule has 0 bridgehead atoms. The van der Waals surface area contributed by atoms with E-state index in [0.29, 0.717) is 17.9 Å². The zero-order valence-electron chi connectivity index (χ0n) is 11.9. The Bertz CT molecular complexity index is 779. The van der Waals surface area contributed by atoms with Gasteiger partial charge in [0.05, 0.1) is 18.6 Å². The maximum absolute atomic E-state index is 12.0. The Balaban J connectivity index is 2.04. The number of nitrogens with zero attached hydrogens (tertiary/aromatic N) is 2. The summed E-state index contributed by atoms with van der Waals surface area (Å²) < 4.78 is 30.6. The monoisotopic (exact) mass is 304 g/mol. The highest BCUT2D eigenvalue weighted by atomic mass is 32.2. The maximum atomic E-state index is 12.0. The van der Waals surface area contributed by atoms with E-state index in [2.05, 4.69) is 5.10 Å². The van der Waals surface area contributed by atoms with Gasteiger partial charge in [-0.15, -0.1) is 0 Å². The minimum absolute atomic E-state index is 0.318. The summed E-state index contributed by atoms with van der Waals surface area (Å²) >= 11 is 0. The van der Waals surface area contributed by atoms with Crippen LogP contribution < -0.4 is 0 Å². The molecule has 1 unspecified atom stereocenters. The average Bonchev–Trinajstić information content (AvgIpc) is 3.07. The Morgan fingerprint density at radius 3 is 2.62 bits per heavy atom. The zero-order valence-corrected chi connectivity index (χ0v) is 12.7. The van der Waals surface area contributed by atoms with Crippen LogP contribution in [0.3, 0.4) is 0 Å². The summed E-state index contributed by atoms with van der Waals surface area (Å²) in [5.41, 5.74) is 2.67. The van der Waals surface area contributed by atoms with Gasteiger partial charge in [0, 0.05) is 6.42 Å². The lowest BCUT2D eigenvalue weighted by atomic mass is 9.98. The third-order valence-electron chi connectivity index (χ3n) is 3.57. The molecule has 1 aromatic heterocycles. The fraction of sp³-hybridized carbons (Fsp3) is 0.267. The molecule has 5 nitrogen and oxygen atoms in total. The van der Waals surface area contributed by atoms with E-state index >= 15 is 0 Å². The molecule has 0 spiro atoms. The SMILES string of the molecule is Cc1ccccc1C1CC(c2ccco2)=NN1S(C)(=O)=O. The van der Waals surface area contributed by atoms with E-state index in [1.807, 2.05) is 31.2 Å². The molecular weight excluding hydrogens is 288 g/mol. The molecule has 1 aliphatic heterocycles. The fourth-order valence-electron chi connectivity index (χ4n) is 2.58. The Kier molecular flexibility index (Phi) is 3.33. The molecule has 0 radical (unpaired) electrons. The molecule has 6 heteroatoms. The highest BCUT2D eigenvalue weighted by molar-refractivity contribution is 7.88. The summed E-state index contributed by atoms with van der Waals surface area (Å²) in [5.74, 6) is 0.611. The van der Waals surface area contributed by atoms with Crippen molar-refractivity contribution in [3.05, 3.63) is 59.5 Å². The normalized spacial score (nSPS) is 18.9. The highest BCUT2D eigenvalue weighted by Gasteiger charge is 2.35. The summed E-state index contributed by atoms with van der Waals surface area (Å²) in [5, 5.41) is 4.27. The first kappa shape index (κ1) is 13.9. The van der Waals surface area contributed by atoms with Crippen molar-refractivity contribution in [1.29, 1.82) is 0 Å². The van der Waals surface area contributed by atoms with Crippen molar-refractivity contribution in [2.75, 3.05) is 6.26 Å². The van der Waals surface area contributed by atoms with Gasteiger partial charge in [-0.2, -0.15) is 9.52 Å². The molecule has 1 atom stereocenters. The van der Waals surface area contributed by atoms with Crippen LogP contribution in [0.1, 0.15) is 29.3 Å². The first-order chi connectivity index (χ1) is 9.97. The largest absolute Gasteiger partial charge is 0.463 e. The van der Waals surface area contributed by atoms with E-state index in [1.54, 1.807) is 18.4 Å². The topological polar surface area (TPSA) is 62.9 Å². The highest BCUT2D eigenvalue weighted by Crippen LogP contribution is 2.35. The molecule has 2 heterocycles. The van der Waals surface area contributed by atoms with Gasteiger partial charge in [-0.05, 0) is 30.2 Å². The second kappa shape index (κ2) is 5.04. The minimum atomic E-state index is -3.44. The molecule has 1 aliphatic rings. The molecule has 0 N–H and O–H groups in total.